The molecule has 0 aliphatic carbocycles. The zero-order valence-corrected chi connectivity index (χ0v) is 13.3. The van der Waals surface area contributed by atoms with Crippen molar-refractivity contribution in [3.8, 4) is 0 Å². The van der Waals surface area contributed by atoms with Crippen molar-refractivity contribution in [3.63, 3.8) is 0 Å². The molecule has 1 aromatic heterocycles. The highest BCUT2D eigenvalue weighted by Crippen LogP contribution is 2.19. The van der Waals surface area contributed by atoms with Crippen molar-refractivity contribution in [3.05, 3.63) is 36.0 Å². The molecule has 1 N–H and O–H groups in total. The van der Waals surface area contributed by atoms with Gasteiger partial charge in [0.15, 0.2) is 5.78 Å². The fourth-order valence-electron chi connectivity index (χ4n) is 2.37. The average molecular weight is 316 g/mol. The lowest BCUT2D eigenvalue weighted by Crippen LogP contribution is -2.30. The van der Waals surface area contributed by atoms with Crippen molar-refractivity contribution in [1.29, 1.82) is 0 Å². The molecule has 0 atom stereocenters. The summed E-state index contributed by atoms with van der Waals surface area (Å²) in [5.74, 6) is -0.829. The van der Waals surface area contributed by atoms with E-state index in [-0.39, 0.29) is 18.1 Å². The number of ketones is 1. The molecule has 0 aliphatic heterocycles. The summed E-state index contributed by atoms with van der Waals surface area (Å²) < 4.78 is 4.46. The Kier molecular flexibility index (Phi) is 5.51. The molecule has 122 valence electrons. The van der Waals surface area contributed by atoms with Gasteiger partial charge in [0.25, 0.3) is 0 Å². The number of amides is 1. The van der Waals surface area contributed by atoms with Gasteiger partial charge in [0.1, 0.15) is 6.42 Å². The number of rotatable bonds is 7. The Hall–Kier alpha value is -2.63. The van der Waals surface area contributed by atoms with Crippen LogP contribution in [-0.2, 0) is 14.3 Å². The zero-order valence-electron chi connectivity index (χ0n) is 13.3. The van der Waals surface area contributed by atoms with Crippen LogP contribution in [0.25, 0.3) is 10.9 Å². The molecular formula is C17H20N2O4. The van der Waals surface area contributed by atoms with Gasteiger partial charge in [0.05, 0.1) is 7.11 Å². The van der Waals surface area contributed by atoms with Crippen LogP contribution < -0.4 is 0 Å². The van der Waals surface area contributed by atoms with Crippen LogP contribution in [0, 0.1) is 0 Å². The van der Waals surface area contributed by atoms with Crippen molar-refractivity contribution < 1.29 is 19.1 Å². The lowest BCUT2D eigenvalue weighted by molar-refractivity contribution is -0.146. The Balaban J connectivity index is 1.85. The van der Waals surface area contributed by atoms with Crippen LogP contribution in [0.5, 0.6) is 0 Å². The van der Waals surface area contributed by atoms with E-state index in [9.17, 15) is 14.4 Å². The maximum Gasteiger partial charge on any atom is 0.315 e. The van der Waals surface area contributed by atoms with Crippen molar-refractivity contribution in [2.24, 2.45) is 0 Å². The molecule has 0 spiro atoms. The third-order valence-electron chi connectivity index (χ3n) is 3.74. The number of Topliss-reactive ketones (excluding diaryl/α,β-unsaturated/α-hetero) is 1. The minimum Gasteiger partial charge on any atom is -0.469 e. The second kappa shape index (κ2) is 7.58. The number of methoxy groups -OCH3 is 1. The molecule has 1 heterocycles. The van der Waals surface area contributed by atoms with Crippen molar-refractivity contribution >= 4 is 28.6 Å². The number of para-hydroxylation sites is 1. The highest BCUT2D eigenvalue weighted by molar-refractivity contribution is 6.07. The minimum absolute atomic E-state index is 0.0382. The molecule has 0 fully saturated rings. The van der Waals surface area contributed by atoms with Crippen molar-refractivity contribution in [2.45, 2.75) is 19.3 Å². The lowest BCUT2D eigenvalue weighted by atomic mass is 10.1. The van der Waals surface area contributed by atoms with Gasteiger partial charge in [-0.05, 0) is 12.5 Å². The molecule has 0 radical (unpaired) electrons. The molecule has 1 aromatic carbocycles. The molecule has 0 aliphatic rings. The number of nitrogens with one attached hydrogen (secondary N) is 1. The number of ether oxygens (including phenoxy) is 1. The number of aromatic amines is 1. The van der Waals surface area contributed by atoms with Gasteiger partial charge in [-0.15, -0.1) is 0 Å². The van der Waals surface area contributed by atoms with E-state index in [1.807, 2.05) is 24.3 Å². The second-order valence-electron chi connectivity index (χ2n) is 5.34. The van der Waals surface area contributed by atoms with E-state index >= 15 is 0 Å². The molecule has 0 saturated carbocycles. The van der Waals surface area contributed by atoms with Gasteiger partial charge in [0.2, 0.25) is 5.91 Å². The summed E-state index contributed by atoms with van der Waals surface area (Å²) in [7, 11) is 2.86. The van der Waals surface area contributed by atoms with Gasteiger partial charge in [0, 0.05) is 42.7 Å². The fraction of sp³-hybridized carbons (Fsp3) is 0.353. The van der Waals surface area contributed by atoms with Crippen LogP contribution in [0.1, 0.15) is 29.6 Å². The molecule has 23 heavy (non-hydrogen) atoms. The summed E-state index contributed by atoms with van der Waals surface area (Å²) >= 11 is 0. The summed E-state index contributed by atoms with van der Waals surface area (Å²) in [6.07, 6.45) is 2.34. The zero-order chi connectivity index (χ0) is 16.8. The van der Waals surface area contributed by atoms with Gasteiger partial charge in [-0.3, -0.25) is 14.4 Å². The first-order valence-electron chi connectivity index (χ1n) is 7.43. The van der Waals surface area contributed by atoms with Crippen LogP contribution in [0.15, 0.2) is 30.5 Å². The summed E-state index contributed by atoms with van der Waals surface area (Å²) in [5.41, 5.74) is 1.60. The smallest absolute Gasteiger partial charge is 0.315 e. The predicted octanol–water partition coefficient (Wildman–Crippen LogP) is 2.15. The number of fused-ring (bicyclic) bond motifs is 1. The fourth-order valence-corrected chi connectivity index (χ4v) is 2.37. The standard InChI is InChI=1S/C17H20N2O4/c1-19(16(21)10-17(22)23-2)9-5-8-15(20)13-11-18-14-7-4-3-6-12(13)14/h3-4,6-7,11,18H,5,8-10H2,1-2H3. The van der Waals surface area contributed by atoms with Crippen LogP contribution in [0.3, 0.4) is 0 Å². The van der Waals surface area contributed by atoms with E-state index < -0.39 is 5.97 Å². The van der Waals surface area contributed by atoms with Crippen molar-refractivity contribution in [2.75, 3.05) is 20.7 Å². The number of benzene rings is 1. The topological polar surface area (TPSA) is 79.5 Å². The maximum atomic E-state index is 12.3. The molecule has 1 amide bonds. The predicted molar refractivity (Wildman–Crippen MR) is 86.1 cm³/mol. The van der Waals surface area contributed by atoms with E-state index in [1.165, 1.54) is 12.0 Å². The summed E-state index contributed by atoms with van der Waals surface area (Å²) in [6.45, 7) is 0.421. The normalized spacial score (nSPS) is 10.5. The molecular weight excluding hydrogens is 296 g/mol. The number of H-pyrrole nitrogens is 1. The van der Waals surface area contributed by atoms with Gasteiger partial charge >= 0.3 is 5.97 Å². The second-order valence-corrected chi connectivity index (χ2v) is 5.34. The largest absolute Gasteiger partial charge is 0.469 e. The number of hydrogen-bond acceptors (Lipinski definition) is 4. The third kappa shape index (κ3) is 4.18. The molecule has 6 heteroatoms. The molecule has 0 bridgehead atoms. The summed E-state index contributed by atoms with van der Waals surface area (Å²) in [5, 5.41) is 0.910. The number of hydrogen-bond donors (Lipinski definition) is 1. The molecule has 2 rings (SSSR count). The molecule has 0 saturated heterocycles. The van der Waals surface area contributed by atoms with E-state index in [2.05, 4.69) is 9.72 Å². The Morgan fingerprint density at radius 2 is 1.96 bits per heavy atom. The third-order valence-corrected chi connectivity index (χ3v) is 3.74. The summed E-state index contributed by atoms with van der Waals surface area (Å²) in [4.78, 5) is 39.6. The van der Waals surface area contributed by atoms with E-state index in [0.29, 0.717) is 24.9 Å². The quantitative estimate of drug-likeness (QED) is 0.482. The van der Waals surface area contributed by atoms with Gasteiger partial charge in [-0.1, -0.05) is 18.2 Å². The molecule has 6 nitrogen and oxygen atoms in total. The van der Waals surface area contributed by atoms with Crippen LogP contribution in [-0.4, -0.2) is 48.2 Å². The van der Waals surface area contributed by atoms with Crippen LogP contribution in [0.4, 0.5) is 0 Å². The van der Waals surface area contributed by atoms with Crippen LogP contribution >= 0.6 is 0 Å². The Labute approximate surface area is 134 Å². The van der Waals surface area contributed by atoms with Crippen LogP contribution in [0.2, 0.25) is 0 Å². The summed E-state index contributed by atoms with van der Waals surface area (Å²) in [6, 6.07) is 7.64. The highest BCUT2D eigenvalue weighted by Gasteiger charge is 2.15. The number of esters is 1. The van der Waals surface area contributed by atoms with Gasteiger partial charge < -0.3 is 14.6 Å². The van der Waals surface area contributed by atoms with Crippen molar-refractivity contribution in [1.82, 2.24) is 9.88 Å². The highest BCUT2D eigenvalue weighted by atomic mass is 16.5. The van der Waals surface area contributed by atoms with E-state index in [0.717, 1.165) is 10.9 Å². The minimum atomic E-state index is -0.559. The maximum absolute atomic E-state index is 12.3. The van der Waals surface area contributed by atoms with Gasteiger partial charge in [-0.25, -0.2) is 0 Å². The number of aromatic nitrogens is 1. The number of carbonyl (C=O) groups excluding carboxylic acids is 3. The van der Waals surface area contributed by atoms with E-state index in [1.54, 1.807) is 13.2 Å². The first-order chi connectivity index (χ1) is 11.0. The number of nitrogens with zero attached hydrogens (tertiary/aromatic N) is 1. The molecule has 2 aromatic rings. The van der Waals surface area contributed by atoms with Gasteiger partial charge in [-0.2, -0.15) is 0 Å². The first-order valence-corrected chi connectivity index (χ1v) is 7.43. The average Bonchev–Trinajstić information content (AvgIpc) is 2.98. The SMILES string of the molecule is COC(=O)CC(=O)N(C)CCCC(=O)c1c[nH]c2ccccc12. The lowest BCUT2D eigenvalue weighted by Gasteiger charge is -2.16. The Bertz CT molecular complexity index is 720. The molecule has 0 unspecified atom stereocenters. The first kappa shape index (κ1) is 16.7. The van der Waals surface area contributed by atoms with E-state index in [4.69, 9.17) is 0 Å². The number of carbonyl (C=O) groups is 3. The Morgan fingerprint density at radius 3 is 2.70 bits per heavy atom. The Morgan fingerprint density at radius 1 is 1.22 bits per heavy atom. The monoisotopic (exact) mass is 316 g/mol.